The van der Waals surface area contributed by atoms with Gasteiger partial charge in [-0.1, -0.05) is 5.57 Å². The molecule has 260 valence electrons. The van der Waals surface area contributed by atoms with Crippen molar-refractivity contribution in [3.8, 4) is 11.5 Å². The van der Waals surface area contributed by atoms with Crippen molar-refractivity contribution in [1.29, 1.82) is 0 Å². The van der Waals surface area contributed by atoms with Gasteiger partial charge >= 0.3 is 18.0 Å². The lowest BCUT2D eigenvalue weighted by Crippen LogP contribution is -2.40. The Balaban J connectivity index is 0.000000491. The highest BCUT2D eigenvalue weighted by molar-refractivity contribution is 14.1. The van der Waals surface area contributed by atoms with Crippen LogP contribution in [0, 0.1) is 7.14 Å². The van der Waals surface area contributed by atoms with Crippen LogP contribution < -0.4 is 9.47 Å². The molecule has 0 spiro atoms. The molecule has 9 nitrogen and oxygen atoms in total. The van der Waals surface area contributed by atoms with Crippen LogP contribution >= 0.6 is 45.2 Å². The average Bonchev–Trinajstić information content (AvgIpc) is 2.98. The predicted octanol–water partition coefficient (Wildman–Crippen LogP) is 8.77. The van der Waals surface area contributed by atoms with Crippen LogP contribution in [0.2, 0.25) is 0 Å². The average molecular weight is 878 g/mol. The first-order valence-electron chi connectivity index (χ1n) is 15.6. The Hall–Kier alpha value is -2.81. The third-order valence-electron chi connectivity index (χ3n) is 5.89. The van der Waals surface area contributed by atoms with Crippen LogP contribution in [0.4, 0.5) is 4.79 Å². The second kappa shape index (κ2) is 23.5. The quantitative estimate of drug-likeness (QED) is 0.0543. The zero-order valence-electron chi connectivity index (χ0n) is 28.6. The molecule has 0 atom stereocenters. The molecule has 0 radical (unpaired) electrons. The first-order chi connectivity index (χ1) is 22.2. The molecule has 0 aliphatic carbocycles. The fourth-order valence-electron chi connectivity index (χ4n) is 3.78. The first kappa shape index (κ1) is 42.2. The number of ether oxygens (including phenoxy) is 5. The molecule has 0 bridgehead atoms. The van der Waals surface area contributed by atoms with Crippen molar-refractivity contribution >= 4 is 63.2 Å². The van der Waals surface area contributed by atoms with E-state index >= 15 is 0 Å². The van der Waals surface area contributed by atoms with Gasteiger partial charge in [-0.25, -0.2) is 14.4 Å². The van der Waals surface area contributed by atoms with Gasteiger partial charge in [-0.3, -0.25) is 0 Å². The summed E-state index contributed by atoms with van der Waals surface area (Å²) in [4.78, 5) is 36.8. The molecule has 2 aromatic rings. The fraction of sp³-hybridized carbons (Fsp3) is 0.472. The molecule has 0 unspecified atom stereocenters. The highest BCUT2D eigenvalue weighted by Gasteiger charge is 2.22. The summed E-state index contributed by atoms with van der Waals surface area (Å²) in [6.07, 6.45) is 5.39. The van der Waals surface area contributed by atoms with Crippen molar-refractivity contribution in [2.75, 3.05) is 39.5 Å². The molecule has 1 amide bonds. The van der Waals surface area contributed by atoms with Gasteiger partial charge < -0.3 is 28.6 Å². The Kier molecular flexibility index (Phi) is 21.1. The van der Waals surface area contributed by atoms with Crippen LogP contribution in [0.15, 0.2) is 71.8 Å². The van der Waals surface area contributed by atoms with E-state index in [9.17, 15) is 14.4 Å². The summed E-state index contributed by atoms with van der Waals surface area (Å²) in [7, 11) is 0. The summed E-state index contributed by atoms with van der Waals surface area (Å²) < 4.78 is 28.9. The van der Waals surface area contributed by atoms with E-state index in [0.717, 1.165) is 39.9 Å². The smallest absolute Gasteiger partial charge is 0.410 e. The molecule has 0 aromatic heterocycles. The van der Waals surface area contributed by atoms with E-state index in [1.807, 2.05) is 83.1 Å². The number of esters is 2. The van der Waals surface area contributed by atoms with Crippen LogP contribution in [0.5, 0.6) is 11.5 Å². The van der Waals surface area contributed by atoms with Gasteiger partial charge in [0.15, 0.2) is 0 Å². The number of rotatable bonds is 16. The molecule has 47 heavy (non-hydrogen) atoms. The molecular formula is C36H49I2NO8. The number of nitrogens with zero attached hydrogens (tertiary/aromatic N) is 1. The van der Waals surface area contributed by atoms with E-state index in [2.05, 4.69) is 45.2 Å². The standard InChI is InChI=1S/C20H28INO5.C16H21IO3/c1-6-25-18(23)13-15(2)14-22(19(24)27-20(3,4)5)11-12-26-17-9-7-16(21)8-10-17;1-3-19-16(18)12-13(2)6-4-5-11-20-15-9-7-14(17)8-10-15/h7-10,13H,6,11-12,14H2,1-5H3;7-10,12H,3-6,11H2,1-2H3/b15-13+;13-12+. The van der Waals surface area contributed by atoms with Gasteiger partial charge in [0.25, 0.3) is 0 Å². The Morgan fingerprint density at radius 1 is 0.723 bits per heavy atom. The zero-order chi connectivity index (χ0) is 35.2. The largest absolute Gasteiger partial charge is 0.494 e. The summed E-state index contributed by atoms with van der Waals surface area (Å²) >= 11 is 4.50. The number of carbonyl (C=O) groups excluding carboxylic acids is 3. The molecule has 0 heterocycles. The van der Waals surface area contributed by atoms with E-state index in [1.54, 1.807) is 19.9 Å². The minimum atomic E-state index is -0.606. The number of allylic oxidation sites excluding steroid dienone is 1. The van der Waals surface area contributed by atoms with Crippen molar-refractivity contribution < 1.29 is 38.1 Å². The van der Waals surface area contributed by atoms with Crippen molar-refractivity contribution in [1.82, 2.24) is 4.90 Å². The van der Waals surface area contributed by atoms with E-state index in [4.69, 9.17) is 23.7 Å². The number of unbranched alkanes of at least 4 members (excludes halogenated alkanes) is 1. The number of carbonyl (C=O) groups is 3. The molecule has 2 rings (SSSR count). The van der Waals surface area contributed by atoms with Gasteiger partial charge in [-0.15, -0.1) is 0 Å². The van der Waals surface area contributed by atoms with Gasteiger partial charge in [0.2, 0.25) is 0 Å². The lowest BCUT2D eigenvalue weighted by atomic mass is 10.1. The minimum absolute atomic E-state index is 0.250. The zero-order valence-corrected chi connectivity index (χ0v) is 32.9. The molecule has 11 heteroatoms. The van der Waals surface area contributed by atoms with E-state index in [-0.39, 0.29) is 12.5 Å². The van der Waals surface area contributed by atoms with Gasteiger partial charge in [0.1, 0.15) is 23.7 Å². The molecule has 0 aliphatic heterocycles. The fourth-order valence-corrected chi connectivity index (χ4v) is 4.50. The lowest BCUT2D eigenvalue weighted by Gasteiger charge is -2.27. The summed E-state index contributed by atoms with van der Waals surface area (Å²) in [6.45, 7) is 15.0. The SMILES string of the molecule is CCOC(=O)/C=C(\C)CCCCOc1ccc(I)cc1.CCOC(=O)/C=C(\C)CN(CCOc1ccc(I)cc1)C(=O)OC(C)(C)C. The van der Waals surface area contributed by atoms with Crippen LogP contribution in [-0.4, -0.2) is 68.0 Å². The van der Waals surface area contributed by atoms with Crippen LogP contribution in [0.25, 0.3) is 0 Å². The van der Waals surface area contributed by atoms with Crippen LogP contribution in [0.3, 0.4) is 0 Å². The van der Waals surface area contributed by atoms with Gasteiger partial charge in [-0.05, 0) is 167 Å². The Labute approximate surface area is 307 Å². The second-order valence-corrected chi connectivity index (χ2v) is 13.9. The molecular weight excluding hydrogens is 828 g/mol. The highest BCUT2D eigenvalue weighted by Crippen LogP contribution is 2.16. The highest BCUT2D eigenvalue weighted by atomic mass is 127. The third-order valence-corrected chi connectivity index (χ3v) is 7.32. The van der Waals surface area contributed by atoms with Crippen molar-refractivity contribution in [2.24, 2.45) is 0 Å². The summed E-state index contributed by atoms with van der Waals surface area (Å²) in [6, 6.07) is 15.7. The topological polar surface area (TPSA) is 101 Å². The lowest BCUT2D eigenvalue weighted by molar-refractivity contribution is -0.138. The maximum atomic E-state index is 12.5. The molecule has 0 saturated heterocycles. The van der Waals surface area contributed by atoms with E-state index in [1.165, 1.54) is 14.5 Å². The number of halogens is 2. The first-order valence-corrected chi connectivity index (χ1v) is 17.8. The van der Waals surface area contributed by atoms with Crippen molar-refractivity contribution in [3.05, 3.63) is 79.0 Å². The van der Waals surface area contributed by atoms with Gasteiger partial charge in [0, 0.05) is 25.8 Å². The second-order valence-electron chi connectivity index (χ2n) is 11.4. The molecule has 0 aliphatic rings. The monoisotopic (exact) mass is 877 g/mol. The number of hydrogen-bond acceptors (Lipinski definition) is 8. The Morgan fingerprint density at radius 3 is 1.66 bits per heavy atom. The number of amides is 1. The van der Waals surface area contributed by atoms with Crippen LogP contribution in [-0.2, 0) is 23.8 Å². The van der Waals surface area contributed by atoms with Crippen molar-refractivity contribution in [3.63, 3.8) is 0 Å². The summed E-state index contributed by atoms with van der Waals surface area (Å²) in [5, 5.41) is 0. The third kappa shape index (κ3) is 21.6. The van der Waals surface area contributed by atoms with E-state index in [0.29, 0.717) is 38.5 Å². The summed E-state index contributed by atoms with van der Waals surface area (Å²) in [5.41, 5.74) is 1.15. The molecule has 0 saturated carbocycles. The maximum Gasteiger partial charge on any atom is 0.410 e. The molecule has 0 fully saturated rings. The predicted molar refractivity (Wildman–Crippen MR) is 202 cm³/mol. The Morgan fingerprint density at radius 2 is 1.19 bits per heavy atom. The Bertz CT molecular complexity index is 1290. The minimum Gasteiger partial charge on any atom is -0.494 e. The van der Waals surface area contributed by atoms with E-state index < -0.39 is 17.7 Å². The number of benzene rings is 2. The van der Waals surface area contributed by atoms with Crippen molar-refractivity contribution in [2.45, 2.75) is 73.3 Å². The maximum absolute atomic E-state index is 12.5. The van der Waals surface area contributed by atoms with Crippen LogP contribution in [0.1, 0.15) is 67.7 Å². The number of hydrogen-bond donors (Lipinski definition) is 0. The molecule has 2 aromatic carbocycles. The van der Waals surface area contributed by atoms with Gasteiger partial charge in [0.05, 0.1) is 26.4 Å². The normalized spacial score (nSPS) is 11.5. The molecule has 0 N–H and O–H groups in total. The summed E-state index contributed by atoms with van der Waals surface area (Å²) in [5.74, 6) is 0.969. The van der Waals surface area contributed by atoms with Gasteiger partial charge in [-0.2, -0.15) is 0 Å².